The van der Waals surface area contributed by atoms with E-state index in [2.05, 4.69) is 15.4 Å². The zero-order chi connectivity index (χ0) is 18.1. The van der Waals surface area contributed by atoms with Crippen molar-refractivity contribution >= 4 is 39.8 Å². The Morgan fingerprint density at radius 3 is 2.58 bits per heavy atom. The Hall–Kier alpha value is -2.90. The van der Waals surface area contributed by atoms with Gasteiger partial charge in [-0.2, -0.15) is 4.98 Å². The van der Waals surface area contributed by atoms with Crippen LogP contribution in [0.15, 0.2) is 53.9 Å². The summed E-state index contributed by atoms with van der Waals surface area (Å²) in [6.07, 6.45) is 0. The average molecular weight is 385 g/mol. The van der Waals surface area contributed by atoms with Gasteiger partial charge in [0.25, 0.3) is 11.9 Å². The van der Waals surface area contributed by atoms with Crippen molar-refractivity contribution in [3.8, 4) is 17.0 Å². The van der Waals surface area contributed by atoms with E-state index in [1.54, 1.807) is 35.9 Å². The Labute approximate surface area is 158 Å². The molecule has 0 radical (unpaired) electrons. The summed E-state index contributed by atoms with van der Waals surface area (Å²) < 4.78 is 6.90. The number of ether oxygens (including phenoxy) is 1. The zero-order valence-corrected chi connectivity index (χ0v) is 15.2. The molecule has 0 atom stereocenters. The standard InChI is InChI=1S/C18H13ClN4O2S/c1-25-14-8-4-11(5-9-14)15-10-26-18-21-17(22-23(15)18)20-16(24)12-2-6-13(19)7-3-12/h2-10H,1H3,(H,20,22,24). The SMILES string of the molecule is COc1ccc(-c2csc3nc(NC(=O)c4ccc(Cl)cc4)nn23)cc1. The first-order valence-corrected chi connectivity index (χ1v) is 8.95. The third-order valence-corrected chi connectivity index (χ3v) is 4.87. The molecule has 130 valence electrons. The minimum atomic E-state index is -0.286. The maximum absolute atomic E-state index is 12.3. The van der Waals surface area contributed by atoms with Gasteiger partial charge in [-0.05, 0) is 48.5 Å². The number of rotatable bonds is 4. The number of hydrogen-bond acceptors (Lipinski definition) is 5. The molecule has 4 rings (SSSR count). The van der Waals surface area contributed by atoms with Crippen LogP contribution in [0.4, 0.5) is 5.95 Å². The molecule has 0 aliphatic carbocycles. The zero-order valence-electron chi connectivity index (χ0n) is 13.6. The molecule has 6 nitrogen and oxygen atoms in total. The van der Waals surface area contributed by atoms with Crippen LogP contribution in [0.3, 0.4) is 0 Å². The summed E-state index contributed by atoms with van der Waals surface area (Å²) in [5, 5.41) is 9.66. The number of methoxy groups -OCH3 is 1. The summed E-state index contributed by atoms with van der Waals surface area (Å²) in [7, 11) is 1.63. The lowest BCUT2D eigenvalue weighted by Gasteiger charge is -2.02. The third-order valence-electron chi connectivity index (χ3n) is 3.80. The average Bonchev–Trinajstić information content (AvgIpc) is 3.22. The van der Waals surface area contributed by atoms with Gasteiger partial charge in [0.1, 0.15) is 5.75 Å². The van der Waals surface area contributed by atoms with Gasteiger partial charge in [-0.15, -0.1) is 16.4 Å². The highest BCUT2D eigenvalue weighted by molar-refractivity contribution is 7.15. The van der Waals surface area contributed by atoms with Crippen molar-refractivity contribution in [2.45, 2.75) is 0 Å². The topological polar surface area (TPSA) is 68.5 Å². The van der Waals surface area contributed by atoms with Gasteiger partial charge in [-0.25, -0.2) is 4.52 Å². The molecule has 1 amide bonds. The van der Waals surface area contributed by atoms with Gasteiger partial charge in [0, 0.05) is 21.5 Å². The Morgan fingerprint density at radius 2 is 1.88 bits per heavy atom. The molecule has 0 spiro atoms. The normalized spacial score (nSPS) is 10.8. The highest BCUT2D eigenvalue weighted by Gasteiger charge is 2.14. The van der Waals surface area contributed by atoms with E-state index in [0.717, 1.165) is 17.0 Å². The van der Waals surface area contributed by atoms with Crippen LogP contribution in [0.5, 0.6) is 5.75 Å². The molecule has 0 aliphatic heterocycles. The number of amides is 1. The van der Waals surface area contributed by atoms with Crippen LogP contribution in [0.25, 0.3) is 16.2 Å². The van der Waals surface area contributed by atoms with Crippen LogP contribution < -0.4 is 10.1 Å². The number of carbonyl (C=O) groups excluding carboxylic acids is 1. The first-order valence-electron chi connectivity index (χ1n) is 7.69. The predicted octanol–water partition coefficient (Wildman–Crippen LogP) is 4.37. The summed E-state index contributed by atoms with van der Waals surface area (Å²) in [5.74, 6) is 0.757. The van der Waals surface area contributed by atoms with E-state index in [4.69, 9.17) is 16.3 Å². The van der Waals surface area contributed by atoms with Crippen LogP contribution in [-0.2, 0) is 0 Å². The van der Waals surface area contributed by atoms with Crippen molar-refractivity contribution in [2.75, 3.05) is 12.4 Å². The molecule has 0 aliphatic rings. The molecule has 4 aromatic rings. The Kier molecular flexibility index (Phi) is 4.32. The van der Waals surface area contributed by atoms with Gasteiger partial charge in [-0.1, -0.05) is 11.6 Å². The van der Waals surface area contributed by atoms with Gasteiger partial charge < -0.3 is 4.74 Å². The Balaban J connectivity index is 1.61. The van der Waals surface area contributed by atoms with Crippen molar-refractivity contribution in [1.29, 1.82) is 0 Å². The maximum Gasteiger partial charge on any atom is 0.258 e. The number of fused-ring (bicyclic) bond motifs is 1. The highest BCUT2D eigenvalue weighted by atomic mass is 35.5. The number of thiazole rings is 1. The second-order valence-electron chi connectivity index (χ2n) is 5.44. The summed E-state index contributed by atoms with van der Waals surface area (Å²) in [6.45, 7) is 0. The van der Waals surface area contributed by atoms with Crippen molar-refractivity contribution in [2.24, 2.45) is 0 Å². The van der Waals surface area contributed by atoms with Crippen LogP contribution >= 0.6 is 22.9 Å². The largest absolute Gasteiger partial charge is 0.497 e. The minimum Gasteiger partial charge on any atom is -0.497 e. The molecule has 0 unspecified atom stereocenters. The number of aromatic nitrogens is 3. The highest BCUT2D eigenvalue weighted by Crippen LogP contribution is 2.27. The van der Waals surface area contributed by atoms with E-state index in [9.17, 15) is 4.79 Å². The number of halogens is 1. The number of benzene rings is 2. The van der Waals surface area contributed by atoms with Gasteiger partial charge in [0.2, 0.25) is 4.96 Å². The van der Waals surface area contributed by atoms with Crippen LogP contribution in [0.1, 0.15) is 10.4 Å². The lowest BCUT2D eigenvalue weighted by molar-refractivity contribution is 0.102. The second kappa shape index (κ2) is 6.78. The lowest BCUT2D eigenvalue weighted by Crippen LogP contribution is -2.13. The number of carbonyl (C=O) groups is 1. The summed E-state index contributed by atoms with van der Waals surface area (Å²) in [6, 6.07) is 14.3. The van der Waals surface area contributed by atoms with E-state index in [0.29, 0.717) is 15.5 Å². The minimum absolute atomic E-state index is 0.256. The van der Waals surface area contributed by atoms with Gasteiger partial charge in [0.15, 0.2) is 0 Å². The summed E-state index contributed by atoms with van der Waals surface area (Å²) in [4.78, 5) is 17.4. The molecule has 0 saturated carbocycles. The van der Waals surface area contributed by atoms with Crippen molar-refractivity contribution in [3.63, 3.8) is 0 Å². The number of nitrogens with one attached hydrogen (secondary N) is 1. The molecule has 0 saturated heterocycles. The molecule has 0 bridgehead atoms. The van der Waals surface area contributed by atoms with E-state index >= 15 is 0 Å². The number of hydrogen-bond donors (Lipinski definition) is 1. The van der Waals surface area contributed by atoms with Crippen molar-refractivity contribution in [3.05, 3.63) is 64.5 Å². The fourth-order valence-electron chi connectivity index (χ4n) is 2.47. The molecule has 0 fully saturated rings. The first kappa shape index (κ1) is 16.6. The number of nitrogens with zero attached hydrogens (tertiary/aromatic N) is 3. The molecular weight excluding hydrogens is 372 g/mol. The van der Waals surface area contributed by atoms with E-state index < -0.39 is 0 Å². The number of anilines is 1. The first-order chi connectivity index (χ1) is 12.6. The van der Waals surface area contributed by atoms with Crippen molar-refractivity contribution in [1.82, 2.24) is 14.6 Å². The molecule has 8 heteroatoms. The van der Waals surface area contributed by atoms with Gasteiger partial charge >= 0.3 is 0 Å². The van der Waals surface area contributed by atoms with Gasteiger partial charge in [-0.3, -0.25) is 10.1 Å². The second-order valence-corrected chi connectivity index (χ2v) is 6.71. The smallest absolute Gasteiger partial charge is 0.258 e. The molecule has 2 heterocycles. The lowest BCUT2D eigenvalue weighted by atomic mass is 10.2. The molecule has 2 aromatic heterocycles. The molecule has 1 N–H and O–H groups in total. The van der Waals surface area contributed by atoms with E-state index in [-0.39, 0.29) is 11.9 Å². The van der Waals surface area contributed by atoms with Crippen molar-refractivity contribution < 1.29 is 9.53 Å². The third kappa shape index (κ3) is 3.14. The molecular formula is C18H13ClN4O2S. The van der Waals surface area contributed by atoms with Crippen LogP contribution in [0.2, 0.25) is 5.02 Å². The summed E-state index contributed by atoms with van der Waals surface area (Å²) in [5.41, 5.74) is 2.37. The fourth-order valence-corrected chi connectivity index (χ4v) is 3.43. The Bertz CT molecular complexity index is 1070. The van der Waals surface area contributed by atoms with Crippen LogP contribution in [-0.4, -0.2) is 27.6 Å². The van der Waals surface area contributed by atoms with E-state index in [1.807, 2.05) is 29.6 Å². The summed E-state index contributed by atoms with van der Waals surface area (Å²) >= 11 is 7.30. The monoisotopic (exact) mass is 384 g/mol. The molecule has 2 aromatic carbocycles. The van der Waals surface area contributed by atoms with E-state index in [1.165, 1.54) is 11.3 Å². The Morgan fingerprint density at radius 1 is 1.15 bits per heavy atom. The molecule has 26 heavy (non-hydrogen) atoms. The predicted molar refractivity (Wildman–Crippen MR) is 102 cm³/mol. The quantitative estimate of drug-likeness (QED) is 0.567. The maximum atomic E-state index is 12.3. The van der Waals surface area contributed by atoms with Crippen LogP contribution in [0, 0.1) is 0 Å². The van der Waals surface area contributed by atoms with Gasteiger partial charge in [0.05, 0.1) is 12.8 Å². The fraction of sp³-hybridized carbons (Fsp3) is 0.0556.